The van der Waals surface area contributed by atoms with Crippen LogP contribution < -0.4 is 10.6 Å². The van der Waals surface area contributed by atoms with Gasteiger partial charge in [0.15, 0.2) is 5.13 Å². The number of fused-ring (bicyclic) bond motifs is 2. The molecule has 0 aromatic carbocycles. The molecular weight excluding hydrogens is 232 g/mol. The number of likely N-dealkylation sites (N-methyl/N-ethyl adjacent to an activating group) is 1. The summed E-state index contributed by atoms with van der Waals surface area (Å²) in [5.41, 5.74) is 6.64. The molecule has 2 aliphatic heterocycles. The average molecular weight is 252 g/mol. The first-order valence-corrected chi connectivity index (χ1v) is 7.27. The topological polar surface area (TPSA) is 45.4 Å². The maximum absolute atomic E-state index is 5.62. The minimum absolute atomic E-state index is 0.552. The van der Waals surface area contributed by atoms with Crippen molar-refractivity contribution >= 4 is 16.5 Å². The lowest BCUT2D eigenvalue weighted by atomic mass is 10.1. The second-order valence-corrected chi connectivity index (χ2v) is 5.95. The lowest BCUT2D eigenvalue weighted by molar-refractivity contribution is 0.254. The summed E-state index contributed by atoms with van der Waals surface area (Å²) in [5.74, 6) is 0. The van der Waals surface area contributed by atoms with Gasteiger partial charge in [-0.2, -0.15) is 0 Å². The molecule has 2 unspecified atom stereocenters. The normalized spacial score (nSPS) is 29.6. The SMILES string of the molecule is CN1C2CCC1CN(c1nc(CN)cs1)CC2. The van der Waals surface area contributed by atoms with Gasteiger partial charge < -0.3 is 10.6 Å². The van der Waals surface area contributed by atoms with Gasteiger partial charge in [0.05, 0.1) is 5.69 Å². The van der Waals surface area contributed by atoms with Gasteiger partial charge in [0.2, 0.25) is 0 Å². The largest absolute Gasteiger partial charge is 0.346 e. The third-order valence-electron chi connectivity index (χ3n) is 4.17. The summed E-state index contributed by atoms with van der Waals surface area (Å²) in [4.78, 5) is 9.62. The van der Waals surface area contributed by atoms with E-state index in [1.807, 2.05) is 0 Å². The molecule has 0 aliphatic carbocycles. The Balaban J connectivity index is 1.76. The number of anilines is 1. The molecule has 4 nitrogen and oxygen atoms in total. The standard InChI is InChI=1S/C12H20N4S/c1-15-10-2-3-11(15)7-16(5-4-10)12-14-9(6-13)8-17-12/h8,10-11H,2-7,13H2,1H3. The van der Waals surface area contributed by atoms with Crippen molar-refractivity contribution in [1.29, 1.82) is 0 Å². The monoisotopic (exact) mass is 252 g/mol. The second kappa shape index (κ2) is 4.55. The first-order chi connectivity index (χ1) is 8.28. The minimum atomic E-state index is 0.552. The zero-order chi connectivity index (χ0) is 11.8. The highest BCUT2D eigenvalue weighted by atomic mass is 32.1. The maximum atomic E-state index is 5.62. The van der Waals surface area contributed by atoms with E-state index in [9.17, 15) is 0 Å². The molecule has 0 saturated carbocycles. The molecule has 0 radical (unpaired) electrons. The van der Waals surface area contributed by atoms with E-state index in [4.69, 9.17) is 5.73 Å². The van der Waals surface area contributed by atoms with Crippen molar-refractivity contribution in [2.75, 3.05) is 25.0 Å². The van der Waals surface area contributed by atoms with Gasteiger partial charge in [-0.15, -0.1) is 11.3 Å². The molecule has 0 amide bonds. The molecule has 2 atom stereocenters. The van der Waals surface area contributed by atoms with Gasteiger partial charge in [-0.25, -0.2) is 4.98 Å². The molecule has 1 aromatic rings. The summed E-state index contributed by atoms with van der Waals surface area (Å²) in [7, 11) is 2.28. The van der Waals surface area contributed by atoms with Crippen LogP contribution in [0, 0.1) is 0 Å². The first kappa shape index (κ1) is 11.4. The van der Waals surface area contributed by atoms with Gasteiger partial charge in [-0.05, 0) is 26.3 Å². The Hall–Kier alpha value is -0.650. The zero-order valence-corrected chi connectivity index (χ0v) is 11.1. The molecule has 1 aromatic heterocycles. The summed E-state index contributed by atoms with van der Waals surface area (Å²) >= 11 is 1.73. The van der Waals surface area contributed by atoms with E-state index in [1.165, 1.54) is 19.3 Å². The Labute approximate surface area is 106 Å². The number of thiazole rings is 1. The Morgan fingerprint density at radius 3 is 3.00 bits per heavy atom. The lowest BCUT2D eigenvalue weighted by Crippen LogP contribution is -2.36. The summed E-state index contributed by atoms with van der Waals surface area (Å²) in [5, 5.41) is 3.24. The third kappa shape index (κ3) is 2.07. The van der Waals surface area contributed by atoms with E-state index >= 15 is 0 Å². The fraction of sp³-hybridized carbons (Fsp3) is 0.750. The van der Waals surface area contributed by atoms with Gasteiger partial charge in [0, 0.05) is 37.1 Å². The van der Waals surface area contributed by atoms with Crippen LogP contribution in [-0.2, 0) is 6.54 Å². The molecule has 2 saturated heterocycles. The number of hydrogen-bond acceptors (Lipinski definition) is 5. The Morgan fingerprint density at radius 1 is 1.41 bits per heavy atom. The van der Waals surface area contributed by atoms with Gasteiger partial charge in [-0.3, -0.25) is 4.90 Å². The molecule has 94 valence electrons. The fourth-order valence-electron chi connectivity index (χ4n) is 3.02. The van der Waals surface area contributed by atoms with Crippen LogP contribution in [0.1, 0.15) is 25.0 Å². The molecule has 17 heavy (non-hydrogen) atoms. The van der Waals surface area contributed by atoms with Crippen molar-refractivity contribution in [3.05, 3.63) is 11.1 Å². The third-order valence-corrected chi connectivity index (χ3v) is 5.12. The van der Waals surface area contributed by atoms with Crippen molar-refractivity contribution in [2.45, 2.75) is 37.9 Å². The molecule has 2 aliphatic rings. The maximum Gasteiger partial charge on any atom is 0.185 e. The highest BCUT2D eigenvalue weighted by Crippen LogP contribution is 2.31. The molecule has 3 heterocycles. The van der Waals surface area contributed by atoms with Gasteiger partial charge in [-0.1, -0.05) is 0 Å². The number of hydrogen-bond donors (Lipinski definition) is 1. The molecule has 2 fully saturated rings. The number of rotatable bonds is 2. The molecule has 5 heteroatoms. The van der Waals surface area contributed by atoms with Crippen LogP contribution in [-0.4, -0.2) is 42.1 Å². The average Bonchev–Trinajstić information content (AvgIpc) is 2.86. The van der Waals surface area contributed by atoms with Crippen LogP contribution in [0.3, 0.4) is 0 Å². The highest BCUT2D eigenvalue weighted by Gasteiger charge is 2.35. The van der Waals surface area contributed by atoms with Crippen LogP contribution in [0.25, 0.3) is 0 Å². The Bertz CT molecular complexity index is 392. The van der Waals surface area contributed by atoms with Crippen molar-refractivity contribution in [3.8, 4) is 0 Å². The predicted molar refractivity (Wildman–Crippen MR) is 71.4 cm³/mol. The summed E-state index contributed by atoms with van der Waals surface area (Å²) in [6.45, 7) is 2.82. The van der Waals surface area contributed by atoms with Crippen molar-refractivity contribution in [3.63, 3.8) is 0 Å². The summed E-state index contributed by atoms with van der Waals surface area (Å²) in [6, 6.07) is 1.51. The van der Waals surface area contributed by atoms with Crippen molar-refractivity contribution < 1.29 is 0 Å². The molecule has 2 bridgehead atoms. The van der Waals surface area contributed by atoms with Gasteiger partial charge in [0.1, 0.15) is 0 Å². The second-order valence-electron chi connectivity index (χ2n) is 5.11. The van der Waals surface area contributed by atoms with E-state index in [1.54, 1.807) is 11.3 Å². The molecule has 3 rings (SSSR count). The minimum Gasteiger partial charge on any atom is -0.346 e. The molecular formula is C12H20N4S. The van der Waals surface area contributed by atoms with E-state index in [0.29, 0.717) is 12.6 Å². The molecule has 0 spiro atoms. The number of aromatic nitrogens is 1. The van der Waals surface area contributed by atoms with E-state index in [0.717, 1.165) is 30.0 Å². The number of nitrogens with zero attached hydrogens (tertiary/aromatic N) is 3. The summed E-state index contributed by atoms with van der Waals surface area (Å²) < 4.78 is 0. The van der Waals surface area contributed by atoms with Crippen LogP contribution in [0.2, 0.25) is 0 Å². The van der Waals surface area contributed by atoms with Crippen LogP contribution in [0.15, 0.2) is 5.38 Å². The van der Waals surface area contributed by atoms with E-state index < -0.39 is 0 Å². The van der Waals surface area contributed by atoms with Crippen LogP contribution in [0.4, 0.5) is 5.13 Å². The summed E-state index contributed by atoms with van der Waals surface area (Å²) in [6.07, 6.45) is 3.98. The van der Waals surface area contributed by atoms with Crippen LogP contribution >= 0.6 is 11.3 Å². The van der Waals surface area contributed by atoms with Crippen molar-refractivity contribution in [2.24, 2.45) is 5.73 Å². The van der Waals surface area contributed by atoms with E-state index in [-0.39, 0.29) is 0 Å². The zero-order valence-electron chi connectivity index (χ0n) is 10.3. The first-order valence-electron chi connectivity index (χ1n) is 6.39. The number of nitrogens with two attached hydrogens (primary N) is 1. The van der Waals surface area contributed by atoms with Crippen LogP contribution in [0.5, 0.6) is 0 Å². The Kier molecular flexibility index (Phi) is 3.06. The smallest absolute Gasteiger partial charge is 0.185 e. The van der Waals surface area contributed by atoms with Gasteiger partial charge >= 0.3 is 0 Å². The lowest BCUT2D eigenvalue weighted by Gasteiger charge is -2.25. The Morgan fingerprint density at radius 2 is 2.24 bits per heavy atom. The van der Waals surface area contributed by atoms with Crippen molar-refractivity contribution in [1.82, 2.24) is 9.88 Å². The quantitative estimate of drug-likeness (QED) is 0.861. The predicted octanol–water partition coefficient (Wildman–Crippen LogP) is 1.27. The fourth-order valence-corrected chi connectivity index (χ4v) is 3.89. The highest BCUT2D eigenvalue weighted by molar-refractivity contribution is 7.13. The van der Waals surface area contributed by atoms with E-state index in [2.05, 4.69) is 27.2 Å². The molecule has 2 N–H and O–H groups in total. The van der Waals surface area contributed by atoms with Gasteiger partial charge in [0.25, 0.3) is 0 Å².